The van der Waals surface area contributed by atoms with Crippen molar-refractivity contribution in [3.05, 3.63) is 64.6 Å². The van der Waals surface area contributed by atoms with E-state index in [1.807, 2.05) is 42.4 Å². The van der Waals surface area contributed by atoms with E-state index in [0.29, 0.717) is 4.91 Å². The van der Waals surface area contributed by atoms with Gasteiger partial charge in [-0.05, 0) is 30.0 Å². The van der Waals surface area contributed by atoms with Crippen molar-refractivity contribution in [2.45, 2.75) is 25.4 Å². The average Bonchev–Trinajstić information content (AvgIpc) is 3.28. The minimum Gasteiger partial charge on any atom is -0.346 e. The zero-order valence-electron chi connectivity index (χ0n) is 16.1. The molecule has 2 atom stereocenters. The lowest BCUT2D eigenvalue weighted by molar-refractivity contribution is -0.117. The summed E-state index contributed by atoms with van der Waals surface area (Å²) in [5.74, 6) is 1.54. The van der Waals surface area contributed by atoms with E-state index >= 15 is 0 Å². The SMILES string of the molecule is Cc1c[nH]c2ncnc(N3C=C(C(=O)N[C@H]4c5ccccc5C[C@H]4N)SCC3)c12. The number of amides is 1. The Morgan fingerprint density at radius 1 is 1.34 bits per heavy atom. The standard InChI is InChI=1S/C21H22N6OS/c1-12-9-23-19-17(12)20(25-11-24-19)27-6-7-29-16(10-27)21(28)26-18-14-5-3-2-4-13(14)8-15(18)22/h2-5,9-11,15,18H,6-8,22H2,1H3,(H,26,28)(H,23,24,25)/t15-,18+/m1/s1. The lowest BCUT2D eigenvalue weighted by atomic mass is 10.1. The number of thioether (sulfide) groups is 1. The fraction of sp³-hybridized carbons (Fsp3) is 0.286. The topological polar surface area (TPSA) is 99.9 Å². The molecule has 1 aromatic carbocycles. The van der Waals surface area contributed by atoms with Gasteiger partial charge in [-0.1, -0.05) is 24.3 Å². The van der Waals surface area contributed by atoms with Gasteiger partial charge in [0.2, 0.25) is 0 Å². The number of benzene rings is 1. The van der Waals surface area contributed by atoms with Gasteiger partial charge in [-0.15, -0.1) is 11.8 Å². The Morgan fingerprint density at radius 2 is 2.21 bits per heavy atom. The van der Waals surface area contributed by atoms with Crippen LogP contribution in [0.3, 0.4) is 0 Å². The maximum Gasteiger partial charge on any atom is 0.259 e. The van der Waals surface area contributed by atoms with Crippen LogP contribution in [0, 0.1) is 6.92 Å². The van der Waals surface area contributed by atoms with Gasteiger partial charge in [-0.3, -0.25) is 4.79 Å². The number of aromatic nitrogens is 3. The van der Waals surface area contributed by atoms with Crippen molar-refractivity contribution in [1.82, 2.24) is 20.3 Å². The molecule has 8 heteroatoms. The zero-order valence-corrected chi connectivity index (χ0v) is 16.9. The first-order valence-electron chi connectivity index (χ1n) is 9.66. The van der Waals surface area contributed by atoms with E-state index < -0.39 is 0 Å². The van der Waals surface area contributed by atoms with Gasteiger partial charge in [0.15, 0.2) is 0 Å². The number of anilines is 1. The quantitative estimate of drug-likeness (QED) is 0.618. The molecule has 29 heavy (non-hydrogen) atoms. The Bertz CT molecular complexity index is 1120. The summed E-state index contributed by atoms with van der Waals surface area (Å²) in [6, 6.07) is 7.87. The minimum atomic E-state index is -0.159. The molecule has 1 amide bonds. The van der Waals surface area contributed by atoms with Gasteiger partial charge in [0.25, 0.3) is 5.91 Å². The number of hydrogen-bond donors (Lipinski definition) is 3. The Labute approximate surface area is 172 Å². The normalized spacial score (nSPS) is 21.2. The van der Waals surface area contributed by atoms with E-state index in [9.17, 15) is 4.79 Å². The summed E-state index contributed by atoms with van der Waals surface area (Å²) in [5, 5.41) is 4.14. The molecule has 148 valence electrons. The van der Waals surface area contributed by atoms with Crippen LogP contribution in [0.2, 0.25) is 0 Å². The molecule has 5 rings (SSSR count). The van der Waals surface area contributed by atoms with Gasteiger partial charge >= 0.3 is 0 Å². The van der Waals surface area contributed by atoms with Crippen LogP contribution in [0.25, 0.3) is 11.0 Å². The molecule has 1 aliphatic carbocycles. The van der Waals surface area contributed by atoms with E-state index in [-0.39, 0.29) is 18.0 Å². The number of fused-ring (bicyclic) bond motifs is 2. The second-order valence-electron chi connectivity index (χ2n) is 7.45. The zero-order chi connectivity index (χ0) is 20.0. The smallest absolute Gasteiger partial charge is 0.259 e. The number of H-pyrrole nitrogens is 1. The highest BCUT2D eigenvalue weighted by molar-refractivity contribution is 8.04. The van der Waals surface area contributed by atoms with Crippen molar-refractivity contribution < 1.29 is 4.79 Å². The molecule has 0 fully saturated rings. The van der Waals surface area contributed by atoms with Crippen molar-refractivity contribution >= 4 is 34.5 Å². The monoisotopic (exact) mass is 406 g/mol. The van der Waals surface area contributed by atoms with Crippen molar-refractivity contribution in [3.8, 4) is 0 Å². The van der Waals surface area contributed by atoms with Gasteiger partial charge in [0, 0.05) is 30.7 Å². The third kappa shape index (κ3) is 3.18. The first kappa shape index (κ1) is 18.2. The predicted molar refractivity (Wildman–Crippen MR) is 116 cm³/mol. The summed E-state index contributed by atoms with van der Waals surface area (Å²) in [6.45, 7) is 2.81. The molecule has 0 bridgehead atoms. The lowest BCUT2D eigenvalue weighted by Gasteiger charge is -2.27. The van der Waals surface area contributed by atoms with Crippen LogP contribution in [-0.2, 0) is 11.2 Å². The molecule has 2 aliphatic rings. The molecule has 0 spiro atoms. The van der Waals surface area contributed by atoms with E-state index in [4.69, 9.17) is 5.73 Å². The number of carbonyl (C=O) groups excluding carboxylic acids is 1. The molecule has 0 saturated heterocycles. The Hall–Kier alpha value is -2.84. The molecule has 4 N–H and O–H groups in total. The number of rotatable bonds is 3. The maximum absolute atomic E-state index is 13.0. The largest absolute Gasteiger partial charge is 0.346 e. The van der Waals surface area contributed by atoms with Gasteiger partial charge in [0.05, 0.1) is 16.3 Å². The number of carbonyl (C=O) groups is 1. The summed E-state index contributed by atoms with van der Waals surface area (Å²) in [5.41, 5.74) is 10.5. The summed E-state index contributed by atoms with van der Waals surface area (Å²) < 4.78 is 0. The third-order valence-electron chi connectivity index (χ3n) is 5.57. The van der Waals surface area contributed by atoms with Crippen molar-refractivity contribution in [1.29, 1.82) is 0 Å². The van der Waals surface area contributed by atoms with Crippen LogP contribution < -0.4 is 16.0 Å². The summed E-state index contributed by atoms with van der Waals surface area (Å²) >= 11 is 1.56. The van der Waals surface area contributed by atoms with Crippen molar-refractivity contribution in [2.24, 2.45) is 5.73 Å². The first-order chi connectivity index (χ1) is 14.1. The summed E-state index contributed by atoms with van der Waals surface area (Å²) in [6.07, 6.45) is 6.16. The van der Waals surface area contributed by atoms with Crippen LogP contribution in [0.1, 0.15) is 22.7 Å². The Balaban J connectivity index is 1.42. The van der Waals surface area contributed by atoms with Gasteiger partial charge in [0.1, 0.15) is 17.8 Å². The molecular weight excluding hydrogens is 384 g/mol. The number of nitrogens with zero attached hydrogens (tertiary/aromatic N) is 3. The molecule has 0 radical (unpaired) electrons. The molecule has 3 aromatic rings. The average molecular weight is 407 g/mol. The molecule has 7 nitrogen and oxygen atoms in total. The minimum absolute atomic E-state index is 0.0899. The fourth-order valence-corrected chi connectivity index (χ4v) is 5.03. The van der Waals surface area contributed by atoms with E-state index in [1.165, 1.54) is 5.56 Å². The number of nitrogens with one attached hydrogen (secondary N) is 2. The highest BCUT2D eigenvalue weighted by Crippen LogP contribution is 2.33. The number of nitrogens with two attached hydrogens (primary N) is 1. The molecular formula is C21H22N6OS. The highest BCUT2D eigenvalue weighted by Gasteiger charge is 2.32. The van der Waals surface area contributed by atoms with Crippen molar-refractivity contribution in [2.75, 3.05) is 17.2 Å². The van der Waals surface area contributed by atoms with Gasteiger partial charge in [-0.25, -0.2) is 9.97 Å². The van der Waals surface area contributed by atoms with Crippen LogP contribution >= 0.6 is 11.8 Å². The maximum atomic E-state index is 13.0. The number of aryl methyl sites for hydroxylation is 1. The van der Waals surface area contributed by atoms with Crippen LogP contribution in [0.4, 0.5) is 5.82 Å². The first-order valence-corrected chi connectivity index (χ1v) is 10.6. The highest BCUT2D eigenvalue weighted by atomic mass is 32.2. The number of aromatic amines is 1. The molecule has 0 unspecified atom stereocenters. The van der Waals surface area contributed by atoms with E-state index in [0.717, 1.165) is 46.7 Å². The fourth-order valence-electron chi connectivity index (χ4n) is 4.13. The lowest BCUT2D eigenvalue weighted by Crippen LogP contribution is -2.39. The van der Waals surface area contributed by atoms with Crippen molar-refractivity contribution in [3.63, 3.8) is 0 Å². The van der Waals surface area contributed by atoms with E-state index in [2.05, 4.69) is 26.3 Å². The van der Waals surface area contributed by atoms with Crippen LogP contribution in [0.5, 0.6) is 0 Å². The Kier molecular flexibility index (Phi) is 4.52. The molecule has 0 saturated carbocycles. The predicted octanol–water partition coefficient (Wildman–Crippen LogP) is 2.40. The van der Waals surface area contributed by atoms with Gasteiger partial charge < -0.3 is 20.9 Å². The van der Waals surface area contributed by atoms with Crippen LogP contribution in [-0.4, -0.2) is 39.2 Å². The Morgan fingerprint density at radius 3 is 3.10 bits per heavy atom. The third-order valence-corrected chi connectivity index (χ3v) is 6.55. The van der Waals surface area contributed by atoms with Crippen LogP contribution in [0.15, 0.2) is 47.9 Å². The molecule has 2 aromatic heterocycles. The molecule has 1 aliphatic heterocycles. The molecule has 3 heterocycles. The van der Waals surface area contributed by atoms with E-state index in [1.54, 1.807) is 18.1 Å². The summed E-state index contributed by atoms with van der Waals surface area (Å²) in [7, 11) is 0. The second-order valence-corrected chi connectivity index (χ2v) is 8.58. The number of hydrogen-bond acceptors (Lipinski definition) is 6. The van der Waals surface area contributed by atoms with Gasteiger partial charge in [-0.2, -0.15) is 0 Å². The summed E-state index contributed by atoms with van der Waals surface area (Å²) in [4.78, 5) is 27.7. The second kappa shape index (κ2) is 7.20.